The number of anilines is 1. The van der Waals surface area contributed by atoms with Crippen LogP contribution < -0.4 is 4.90 Å². The largest absolute Gasteiger partial charge is 0.390 e. The molecule has 3 saturated heterocycles. The fourth-order valence-corrected chi connectivity index (χ4v) is 4.48. The third kappa shape index (κ3) is 5.29. The Hall–Kier alpha value is -1.74. The molecular weight excluding hydrogens is 389 g/mol. The van der Waals surface area contributed by atoms with Gasteiger partial charge in [0, 0.05) is 51.5 Å². The Morgan fingerprint density at radius 2 is 1.73 bits per heavy atom. The van der Waals surface area contributed by atoms with Crippen LogP contribution in [0, 0.1) is 5.82 Å². The van der Waals surface area contributed by atoms with E-state index in [-0.39, 0.29) is 17.8 Å². The number of aliphatic hydroxyl groups excluding tert-OH is 1. The number of amides is 1. The molecule has 1 aromatic rings. The van der Waals surface area contributed by atoms with Crippen molar-refractivity contribution in [3.05, 3.63) is 30.1 Å². The van der Waals surface area contributed by atoms with E-state index in [1.54, 1.807) is 17.0 Å². The third-order valence-corrected chi connectivity index (χ3v) is 6.37. The lowest BCUT2D eigenvalue weighted by Gasteiger charge is -2.40. The number of rotatable bonds is 5. The number of aliphatic hydroxyl groups is 1. The zero-order valence-electron chi connectivity index (χ0n) is 17.4. The lowest BCUT2D eigenvalue weighted by Crippen LogP contribution is -2.56. The summed E-state index contributed by atoms with van der Waals surface area (Å²) in [4.78, 5) is 19.3. The summed E-state index contributed by atoms with van der Waals surface area (Å²) < 4.78 is 24.6. The Kier molecular flexibility index (Phi) is 7.20. The molecule has 166 valence electrons. The molecule has 7 nitrogen and oxygen atoms in total. The number of benzene rings is 1. The number of ether oxygens (including phenoxy) is 2. The second kappa shape index (κ2) is 10.0. The zero-order chi connectivity index (χ0) is 20.9. The smallest absolute Gasteiger partial charge is 0.254 e. The van der Waals surface area contributed by atoms with Gasteiger partial charge >= 0.3 is 0 Å². The molecule has 1 N–H and O–H groups in total. The van der Waals surface area contributed by atoms with Crippen molar-refractivity contribution >= 4 is 11.6 Å². The fraction of sp³-hybridized carbons (Fsp3) is 0.682. The first-order valence-corrected chi connectivity index (χ1v) is 11.0. The van der Waals surface area contributed by atoms with E-state index in [1.807, 2.05) is 0 Å². The minimum absolute atomic E-state index is 0.00528. The standard InChI is InChI=1S/C22H32FN3O4/c23-17-1-3-18(4-2-17)25-9-11-26(12-10-25)22(28)21-20(27)6-5-19(30-21)7-8-24-13-15-29-16-14-24/h1-4,19-21,27H,5-16H2. The quantitative estimate of drug-likeness (QED) is 0.768. The van der Waals surface area contributed by atoms with E-state index in [0.717, 1.165) is 51.4 Å². The van der Waals surface area contributed by atoms with E-state index in [9.17, 15) is 14.3 Å². The molecule has 3 heterocycles. The van der Waals surface area contributed by atoms with Gasteiger partial charge in [-0.2, -0.15) is 0 Å². The molecule has 1 amide bonds. The first-order chi connectivity index (χ1) is 14.6. The number of hydrogen-bond donors (Lipinski definition) is 1. The second-order valence-electron chi connectivity index (χ2n) is 8.35. The predicted octanol–water partition coefficient (Wildman–Crippen LogP) is 1.11. The van der Waals surface area contributed by atoms with Gasteiger partial charge in [-0.05, 0) is 43.5 Å². The number of hydrogen-bond acceptors (Lipinski definition) is 6. The molecule has 3 atom stereocenters. The van der Waals surface area contributed by atoms with Crippen molar-refractivity contribution in [2.45, 2.75) is 37.6 Å². The number of morpholine rings is 1. The lowest BCUT2D eigenvalue weighted by molar-refractivity contribution is -0.169. The highest BCUT2D eigenvalue weighted by Crippen LogP contribution is 2.25. The zero-order valence-corrected chi connectivity index (χ0v) is 17.4. The molecule has 0 bridgehead atoms. The maximum atomic E-state index is 13.1. The van der Waals surface area contributed by atoms with E-state index in [4.69, 9.17) is 9.47 Å². The number of carbonyl (C=O) groups is 1. The summed E-state index contributed by atoms with van der Waals surface area (Å²) >= 11 is 0. The molecule has 0 radical (unpaired) electrons. The van der Waals surface area contributed by atoms with Gasteiger partial charge in [0.05, 0.1) is 25.4 Å². The minimum atomic E-state index is -0.772. The molecule has 0 aromatic heterocycles. The first kappa shape index (κ1) is 21.5. The molecule has 3 aliphatic heterocycles. The summed E-state index contributed by atoms with van der Waals surface area (Å²) in [6.45, 7) is 6.86. The van der Waals surface area contributed by atoms with Gasteiger partial charge in [0.1, 0.15) is 5.82 Å². The van der Waals surface area contributed by atoms with E-state index < -0.39 is 12.2 Å². The van der Waals surface area contributed by atoms with Crippen LogP contribution in [0.3, 0.4) is 0 Å². The summed E-state index contributed by atoms with van der Waals surface area (Å²) in [6.07, 6.45) is 0.742. The number of piperazine rings is 1. The summed E-state index contributed by atoms with van der Waals surface area (Å²) in [5, 5.41) is 10.4. The van der Waals surface area contributed by atoms with Gasteiger partial charge in [-0.1, -0.05) is 0 Å². The summed E-state index contributed by atoms with van der Waals surface area (Å²) in [6, 6.07) is 6.44. The second-order valence-corrected chi connectivity index (χ2v) is 8.35. The van der Waals surface area contributed by atoms with Gasteiger partial charge in [-0.25, -0.2) is 4.39 Å². The lowest BCUT2D eigenvalue weighted by atomic mass is 9.98. The van der Waals surface area contributed by atoms with Gasteiger partial charge in [0.2, 0.25) is 0 Å². The predicted molar refractivity (Wildman–Crippen MR) is 111 cm³/mol. The molecule has 0 aliphatic carbocycles. The Labute approximate surface area is 177 Å². The van der Waals surface area contributed by atoms with Crippen molar-refractivity contribution in [1.29, 1.82) is 0 Å². The molecule has 1 aromatic carbocycles. The Morgan fingerprint density at radius 1 is 1.03 bits per heavy atom. The monoisotopic (exact) mass is 421 g/mol. The van der Waals surface area contributed by atoms with Crippen LogP contribution in [0.15, 0.2) is 24.3 Å². The Bertz CT molecular complexity index is 690. The van der Waals surface area contributed by atoms with Crippen molar-refractivity contribution in [2.75, 3.05) is 63.9 Å². The van der Waals surface area contributed by atoms with E-state index in [2.05, 4.69) is 9.80 Å². The van der Waals surface area contributed by atoms with Gasteiger partial charge in [-0.3, -0.25) is 9.69 Å². The van der Waals surface area contributed by atoms with Crippen LogP contribution >= 0.6 is 0 Å². The third-order valence-electron chi connectivity index (χ3n) is 6.37. The average molecular weight is 422 g/mol. The molecular formula is C22H32FN3O4. The molecule has 8 heteroatoms. The fourth-order valence-electron chi connectivity index (χ4n) is 4.48. The van der Waals surface area contributed by atoms with Crippen LogP contribution in [-0.4, -0.2) is 98.2 Å². The molecule has 3 aliphatic rings. The Morgan fingerprint density at radius 3 is 2.43 bits per heavy atom. The highest BCUT2D eigenvalue weighted by molar-refractivity contribution is 5.82. The van der Waals surface area contributed by atoms with E-state index >= 15 is 0 Å². The molecule has 30 heavy (non-hydrogen) atoms. The summed E-state index contributed by atoms with van der Waals surface area (Å²) in [7, 11) is 0. The van der Waals surface area contributed by atoms with Crippen LogP contribution in [0.2, 0.25) is 0 Å². The van der Waals surface area contributed by atoms with Crippen LogP contribution in [0.5, 0.6) is 0 Å². The topological polar surface area (TPSA) is 65.5 Å². The van der Waals surface area contributed by atoms with Gasteiger partial charge < -0.3 is 24.4 Å². The number of carbonyl (C=O) groups excluding carboxylic acids is 1. The van der Waals surface area contributed by atoms with Gasteiger partial charge in [0.15, 0.2) is 6.10 Å². The first-order valence-electron chi connectivity index (χ1n) is 11.0. The summed E-state index contributed by atoms with van der Waals surface area (Å²) in [5.41, 5.74) is 0.959. The highest BCUT2D eigenvalue weighted by atomic mass is 19.1. The van der Waals surface area contributed by atoms with Crippen LogP contribution in [0.1, 0.15) is 19.3 Å². The van der Waals surface area contributed by atoms with Crippen molar-refractivity contribution in [1.82, 2.24) is 9.80 Å². The molecule has 3 fully saturated rings. The van der Waals surface area contributed by atoms with Crippen LogP contribution in [0.25, 0.3) is 0 Å². The highest BCUT2D eigenvalue weighted by Gasteiger charge is 2.38. The van der Waals surface area contributed by atoms with Crippen LogP contribution in [0.4, 0.5) is 10.1 Å². The van der Waals surface area contributed by atoms with Crippen molar-refractivity contribution in [3.8, 4) is 0 Å². The number of nitrogens with zero attached hydrogens (tertiary/aromatic N) is 3. The van der Waals surface area contributed by atoms with Crippen molar-refractivity contribution in [2.24, 2.45) is 0 Å². The van der Waals surface area contributed by atoms with Crippen LogP contribution in [-0.2, 0) is 14.3 Å². The maximum Gasteiger partial charge on any atom is 0.254 e. The van der Waals surface area contributed by atoms with Crippen molar-refractivity contribution in [3.63, 3.8) is 0 Å². The normalized spacial score (nSPS) is 28.5. The molecule has 0 saturated carbocycles. The Balaban J connectivity index is 1.27. The van der Waals surface area contributed by atoms with Gasteiger partial charge in [-0.15, -0.1) is 0 Å². The van der Waals surface area contributed by atoms with Crippen molar-refractivity contribution < 1.29 is 23.8 Å². The summed E-state index contributed by atoms with van der Waals surface area (Å²) in [5.74, 6) is -0.364. The van der Waals surface area contributed by atoms with Gasteiger partial charge in [0.25, 0.3) is 5.91 Å². The molecule has 3 unspecified atom stereocenters. The minimum Gasteiger partial charge on any atom is -0.390 e. The molecule has 0 spiro atoms. The number of halogens is 1. The van der Waals surface area contributed by atoms with E-state index in [1.165, 1.54) is 12.1 Å². The molecule has 4 rings (SSSR count). The maximum absolute atomic E-state index is 13.1. The van der Waals surface area contributed by atoms with E-state index in [0.29, 0.717) is 32.6 Å². The average Bonchev–Trinajstić information content (AvgIpc) is 2.79. The SMILES string of the molecule is O=C(C1OC(CCN2CCOCC2)CCC1O)N1CCN(c2ccc(F)cc2)CC1.